The van der Waals surface area contributed by atoms with Crippen molar-refractivity contribution in [3.05, 3.63) is 87.7 Å². The van der Waals surface area contributed by atoms with Gasteiger partial charge in [0.05, 0.1) is 22.2 Å². The molecule has 7 nitrogen and oxygen atoms in total. The zero-order chi connectivity index (χ0) is 23.2. The summed E-state index contributed by atoms with van der Waals surface area (Å²) in [5.74, 6) is 1.19. The van der Waals surface area contributed by atoms with E-state index in [2.05, 4.69) is 21.2 Å². The molecule has 0 saturated heterocycles. The smallest absolute Gasteiger partial charge is 0.262 e. The van der Waals surface area contributed by atoms with Crippen molar-refractivity contribution < 1.29 is 23.4 Å². The molecule has 0 aliphatic rings. The van der Waals surface area contributed by atoms with E-state index in [-0.39, 0.29) is 23.7 Å². The molecule has 0 saturated carbocycles. The fraction of sp³-hybridized carbons (Fsp3) is 0.120. The Morgan fingerprint density at radius 1 is 0.970 bits per heavy atom. The number of carbonyl (C=O) groups excluding carboxylic acids is 1. The van der Waals surface area contributed by atoms with Gasteiger partial charge >= 0.3 is 0 Å². The van der Waals surface area contributed by atoms with Crippen LogP contribution in [0.25, 0.3) is 11.0 Å². The topological polar surface area (TPSA) is 87.0 Å². The monoisotopic (exact) mass is 509 g/mol. The van der Waals surface area contributed by atoms with Crippen molar-refractivity contribution in [1.29, 1.82) is 0 Å². The van der Waals surface area contributed by atoms with E-state index in [9.17, 15) is 9.59 Å². The van der Waals surface area contributed by atoms with Gasteiger partial charge in [-0.25, -0.2) is 0 Å². The zero-order valence-corrected chi connectivity index (χ0v) is 19.3. The van der Waals surface area contributed by atoms with Crippen LogP contribution in [-0.4, -0.2) is 19.1 Å². The van der Waals surface area contributed by atoms with Crippen LogP contribution in [0.4, 0.5) is 5.69 Å². The predicted octanol–water partition coefficient (Wildman–Crippen LogP) is 5.76. The molecule has 4 rings (SSSR count). The average Bonchev–Trinajstić information content (AvgIpc) is 2.82. The number of benzene rings is 3. The van der Waals surface area contributed by atoms with Gasteiger partial charge < -0.3 is 23.9 Å². The average molecular weight is 510 g/mol. The number of rotatable bonds is 8. The van der Waals surface area contributed by atoms with Gasteiger partial charge in [-0.3, -0.25) is 9.59 Å². The zero-order valence-electron chi connectivity index (χ0n) is 17.7. The Labute approximate surface area is 198 Å². The van der Waals surface area contributed by atoms with Crippen LogP contribution in [0.2, 0.25) is 0 Å². The van der Waals surface area contributed by atoms with Gasteiger partial charge in [-0.15, -0.1) is 0 Å². The lowest BCUT2D eigenvalue weighted by atomic mass is 10.2. The van der Waals surface area contributed by atoms with Crippen LogP contribution in [-0.2, 0) is 4.79 Å². The molecule has 168 valence electrons. The molecule has 0 aliphatic heterocycles. The molecule has 8 heteroatoms. The standard InChI is InChI=1S/C25H20BrNO6/c1-2-30-21-10-6-4-8-19(21)27-24(28)15-31-16-11-12-17-22(13-16)32-14-23(25(17)29)33-20-9-5-3-7-18(20)26/h3-14H,2,15H2,1H3,(H,27,28). The molecule has 1 N–H and O–H groups in total. The first-order chi connectivity index (χ1) is 16.0. The first-order valence-corrected chi connectivity index (χ1v) is 11.0. The number of carbonyl (C=O) groups is 1. The van der Waals surface area contributed by atoms with Crippen LogP contribution < -0.4 is 25.0 Å². The lowest BCUT2D eigenvalue weighted by molar-refractivity contribution is -0.118. The molecular formula is C25H20BrNO6. The third-order valence-corrected chi connectivity index (χ3v) is 5.26. The fourth-order valence-corrected chi connectivity index (χ4v) is 3.45. The van der Waals surface area contributed by atoms with Crippen molar-refractivity contribution in [2.75, 3.05) is 18.5 Å². The van der Waals surface area contributed by atoms with Gasteiger partial charge in [0, 0.05) is 6.07 Å². The molecule has 0 fully saturated rings. The number of fused-ring (bicyclic) bond motifs is 1. The van der Waals surface area contributed by atoms with Crippen molar-refractivity contribution in [2.45, 2.75) is 6.92 Å². The predicted molar refractivity (Wildman–Crippen MR) is 128 cm³/mol. The van der Waals surface area contributed by atoms with Crippen molar-refractivity contribution >= 4 is 38.5 Å². The highest BCUT2D eigenvalue weighted by Gasteiger charge is 2.13. The highest BCUT2D eigenvalue weighted by molar-refractivity contribution is 9.10. The van der Waals surface area contributed by atoms with Crippen molar-refractivity contribution in [2.24, 2.45) is 0 Å². The van der Waals surface area contributed by atoms with E-state index >= 15 is 0 Å². The third kappa shape index (κ3) is 5.35. The van der Waals surface area contributed by atoms with Crippen molar-refractivity contribution in [3.63, 3.8) is 0 Å². The minimum atomic E-state index is -0.346. The van der Waals surface area contributed by atoms with E-state index in [0.717, 1.165) is 4.47 Å². The maximum Gasteiger partial charge on any atom is 0.262 e. The molecule has 33 heavy (non-hydrogen) atoms. The minimum absolute atomic E-state index is 0.0652. The van der Waals surface area contributed by atoms with Crippen LogP contribution in [0.15, 0.2) is 86.7 Å². The number of hydrogen-bond acceptors (Lipinski definition) is 6. The van der Waals surface area contributed by atoms with Gasteiger partial charge in [0.25, 0.3) is 5.91 Å². The molecule has 1 amide bonds. The maximum absolute atomic E-state index is 12.8. The molecule has 0 radical (unpaired) electrons. The molecule has 0 atom stereocenters. The van der Waals surface area contributed by atoms with E-state index in [4.69, 9.17) is 18.6 Å². The Bertz CT molecular complexity index is 1350. The Morgan fingerprint density at radius 3 is 2.52 bits per heavy atom. The number of ether oxygens (including phenoxy) is 3. The number of halogens is 1. The van der Waals surface area contributed by atoms with Gasteiger partial charge in [-0.05, 0) is 59.3 Å². The van der Waals surface area contributed by atoms with Gasteiger partial charge in [-0.2, -0.15) is 0 Å². The Hall–Kier alpha value is -3.78. The van der Waals surface area contributed by atoms with Crippen LogP contribution >= 0.6 is 15.9 Å². The summed E-state index contributed by atoms with van der Waals surface area (Å²) in [5, 5.41) is 3.10. The minimum Gasteiger partial charge on any atom is -0.492 e. The van der Waals surface area contributed by atoms with E-state index in [1.165, 1.54) is 6.26 Å². The van der Waals surface area contributed by atoms with E-state index in [1.807, 2.05) is 25.1 Å². The normalized spacial score (nSPS) is 10.6. The third-order valence-electron chi connectivity index (χ3n) is 4.60. The Kier molecular flexibility index (Phi) is 6.95. The second-order valence-corrected chi connectivity index (χ2v) is 7.74. The first-order valence-electron chi connectivity index (χ1n) is 10.2. The second kappa shape index (κ2) is 10.2. The number of anilines is 1. The van der Waals surface area contributed by atoms with Gasteiger partial charge in [0.15, 0.2) is 6.61 Å². The van der Waals surface area contributed by atoms with Crippen LogP contribution in [0.3, 0.4) is 0 Å². The van der Waals surface area contributed by atoms with Crippen LogP contribution in [0.5, 0.6) is 23.0 Å². The summed E-state index contributed by atoms with van der Waals surface area (Å²) in [6.45, 7) is 2.13. The molecule has 0 spiro atoms. The Morgan fingerprint density at radius 2 is 1.73 bits per heavy atom. The highest BCUT2D eigenvalue weighted by atomic mass is 79.9. The Balaban J connectivity index is 1.45. The maximum atomic E-state index is 12.8. The molecule has 0 bridgehead atoms. The van der Waals surface area contributed by atoms with E-state index in [1.54, 1.807) is 48.5 Å². The summed E-state index contributed by atoms with van der Waals surface area (Å²) >= 11 is 3.39. The number of hydrogen-bond donors (Lipinski definition) is 1. The largest absolute Gasteiger partial charge is 0.492 e. The lowest BCUT2D eigenvalue weighted by Crippen LogP contribution is -2.20. The molecule has 0 aliphatic carbocycles. The fourth-order valence-electron chi connectivity index (χ4n) is 3.08. The molecule has 3 aromatic carbocycles. The molecule has 1 aromatic heterocycles. The van der Waals surface area contributed by atoms with Gasteiger partial charge in [0.2, 0.25) is 11.2 Å². The lowest BCUT2D eigenvalue weighted by Gasteiger charge is -2.12. The highest BCUT2D eigenvalue weighted by Crippen LogP contribution is 2.29. The quantitative estimate of drug-likeness (QED) is 0.324. The molecule has 0 unspecified atom stereocenters. The summed E-state index contributed by atoms with van der Waals surface area (Å²) in [5.41, 5.74) is 0.568. The number of amides is 1. The summed E-state index contributed by atoms with van der Waals surface area (Å²) in [7, 11) is 0. The molecule has 1 heterocycles. The summed E-state index contributed by atoms with van der Waals surface area (Å²) < 4.78 is 23.1. The van der Waals surface area contributed by atoms with Crippen LogP contribution in [0.1, 0.15) is 6.92 Å². The first kappa shape index (κ1) is 22.4. The molecule has 4 aromatic rings. The van der Waals surface area contributed by atoms with Crippen LogP contribution in [0, 0.1) is 0 Å². The van der Waals surface area contributed by atoms with Crippen molar-refractivity contribution in [3.8, 4) is 23.0 Å². The molecular weight excluding hydrogens is 490 g/mol. The van der Waals surface area contributed by atoms with Gasteiger partial charge in [0.1, 0.15) is 29.1 Å². The number of para-hydroxylation sites is 3. The summed E-state index contributed by atoms with van der Waals surface area (Å²) in [6.07, 6.45) is 1.26. The second-order valence-electron chi connectivity index (χ2n) is 6.89. The number of nitrogens with one attached hydrogen (secondary N) is 1. The SMILES string of the molecule is CCOc1ccccc1NC(=O)COc1ccc2c(=O)c(Oc3ccccc3Br)coc2c1. The van der Waals surface area contributed by atoms with Gasteiger partial charge in [-0.1, -0.05) is 24.3 Å². The summed E-state index contributed by atoms with van der Waals surface area (Å²) in [6, 6.07) is 19.1. The van der Waals surface area contributed by atoms with E-state index < -0.39 is 0 Å². The van der Waals surface area contributed by atoms with Crippen molar-refractivity contribution in [1.82, 2.24) is 0 Å². The van der Waals surface area contributed by atoms with E-state index in [0.29, 0.717) is 40.5 Å². The summed E-state index contributed by atoms with van der Waals surface area (Å²) in [4.78, 5) is 25.1.